The summed E-state index contributed by atoms with van der Waals surface area (Å²) < 4.78 is 16.3. The van der Waals surface area contributed by atoms with Gasteiger partial charge in [-0.05, 0) is 73.0 Å². The van der Waals surface area contributed by atoms with Crippen molar-refractivity contribution in [2.45, 2.75) is 17.7 Å². The first kappa shape index (κ1) is 32.2. The molecule has 0 radical (unpaired) electrons. The predicted molar refractivity (Wildman–Crippen MR) is 181 cm³/mol. The third-order valence-electron chi connectivity index (χ3n) is 7.45. The summed E-state index contributed by atoms with van der Waals surface area (Å²) in [6.45, 7) is 0.715. The van der Waals surface area contributed by atoms with Crippen molar-refractivity contribution in [1.29, 1.82) is 0 Å². The van der Waals surface area contributed by atoms with Gasteiger partial charge in [-0.25, -0.2) is 0 Å². The van der Waals surface area contributed by atoms with Gasteiger partial charge in [-0.3, -0.25) is 14.4 Å². The van der Waals surface area contributed by atoms with Crippen LogP contribution in [-0.2, 0) is 16.0 Å². The Labute approximate surface area is 272 Å². The lowest BCUT2D eigenvalue weighted by Crippen LogP contribution is -2.36. The number of ether oxygens (including phenoxy) is 3. The molecule has 0 saturated heterocycles. The van der Waals surface area contributed by atoms with E-state index in [1.165, 1.54) is 44.7 Å². The average Bonchev–Trinajstić information content (AvgIpc) is 3.10. The summed E-state index contributed by atoms with van der Waals surface area (Å²) in [7, 11) is 4.52. The number of benzene rings is 4. The maximum Gasteiger partial charge on any atom is 0.272 e. The van der Waals surface area contributed by atoms with Gasteiger partial charge in [0, 0.05) is 40.0 Å². The van der Waals surface area contributed by atoms with Crippen LogP contribution in [-0.4, -0.2) is 51.3 Å². The van der Waals surface area contributed by atoms with Gasteiger partial charge >= 0.3 is 0 Å². The lowest BCUT2D eigenvalue weighted by molar-refractivity contribution is -0.116. The zero-order chi connectivity index (χ0) is 32.5. The van der Waals surface area contributed by atoms with Crippen molar-refractivity contribution in [2.24, 2.45) is 0 Å². The van der Waals surface area contributed by atoms with E-state index in [-0.39, 0.29) is 11.6 Å². The maximum atomic E-state index is 13.6. The normalized spacial score (nSPS) is 12.5. The molecule has 1 heterocycles. The number of aryl methyl sites for hydroxylation is 1. The number of anilines is 2. The number of carbonyl (C=O) groups is 3. The molecule has 0 aromatic heterocycles. The third kappa shape index (κ3) is 7.70. The van der Waals surface area contributed by atoms with Crippen molar-refractivity contribution in [3.05, 3.63) is 113 Å². The number of rotatable bonds is 11. The molecule has 0 aliphatic carbocycles. The van der Waals surface area contributed by atoms with Gasteiger partial charge in [-0.1, -0.05) is 36.4 Å². The minimum Gasteiger partial charge on any atom is -0.496 e. The van der Waals surface area contributed by atoms with Gasteiger partial charge in [0.2, 0.25) is 5.91 Å². The molecule has 0 fully saturated rings. The average molecular weight is 638 g/mol. The van der Waals surface area contributed by atoms with Crippen LogP contribution >= 0.6 is 11.8 Å². The van der Waals surface area contributed by atoms with Gasteiger partial charge in [0.1, 0.15) is 11.4 Å². The second kappa shape index (κ2) is 15.2. The fourth-order valence-electron chi connectivity index (χ4n) is 5.11. The van der Waals surface area contributed by atoms with Crippen molar-refractivity contribution in [3.63, 3.8) is 0 Å². The van der Waals surface area contributed by atoms with Crippen LogP contribution in [0.5, 0.6) is 17.2 Å². The Morgan fingerprint density at radius 1 is 0.826 bits per heavy atom. The van der Waals surface area contributed by atoms with Gasteiger partial charge in [0.05, 0.1) is 27.1 Å². The van der Waals surface area contributed by atoms with Crippen LogP contribution in [0.4, 0.5) is 11.4 Å². The second-order valence-electron chi connectivity index (χ2n) is 10.4. The highest BCUT2D eigenvalue weighted by atomic mass is 32.2. The summed E-state index contributed by atoms with van der Waals surface area (Å²) in [5, 5.41) is 5.60. The summed E-state index contributed by atoms with van der Waals surface area (Å²) in [4.78, 5) is 42.5. The SMILES string of the molecule is COc1cc(OC)c(OC)cc1/C=C(\NC(=O)c1ccccc1)C(=O)Nc1ccc(SCC(=O)N2CCCc3ccccc32)cc1. The first-order valence-corrected chi connectivity index (χ1v) is 15.7. The first-order valence-electron chi connectivity index (χ1n) is 14.7. The number of amides is 3. The Kier molecular flexibility index (Phi) is 10.6. The van der Waals surface area contributed by atoms with E-state index in [0.29, 0.717) is 46.4 Å². The van der Waals surface area contributed by atoms with E-state index in [0.717, 1.165) is 23.4 Å². The molecule has 1 aliphatic heterocycles. The summed E-state index contributed by atoms with van der Waals surface area (Å²) in [5.41, 5.74) is 3.59. The van der Waals surface area contributed by atoms with Crippen LogP contribution < -0.4 is 29.7 Å². The molecule has 0 bridgehead atoms. The van der Waals surface area contributed by atoms with Crippen molar-refractivity contribution >= 4 is 46.9 Å². The lowest BCUT2D eigenvalue weighted by atomic mass is 10.0. The van der Waals surface area contributed by atoms with E-state index in [1.54, 1.807) is 54.6 Å². The standard InChI is InChI=1S/C36H35N3O6S/c1-43-31-22-33(45-3)32(44-2)21-26(31)20-29(38-35(41)25-11-5-4-6-12-25)36(42)37-27-15-17-28(18-16-27)46-23-34(40)39-19-9-13-24-10-7-8-14-30(24)39/h4-8,10-12,14-18,20-22H,9,13,19,23H2,1-3H3,(H,37,42)(H,38,41)/b29-20-. The van der Waals surface area contributed by atoms with E-state index in [9.17, 15) is 14.4 Å². The summed E-state index contributed by atoms with van der Waals surface area (Å²) in [6, 6.07) is 27.2. The van der Waals surface area contributed by atoms with Crippen molar-refractivity contribution in [2.75, 3.05) is 43.8 Å². The Morgan fingerprint density at radius 3 is 2.22 bits per heavy atom. The fourth-order valence-corrected chi connectivity index (χ4v) is 5.89. The second-order valence-corrected chi connectivity index (χ2v) is 11.4. The number of carbonyl (C=O) groups excluding carboxylic acids is 3. The topological polar surface area (TPSA) is 106 Å². The Bertz CT molecular complexity index is 1740. The smallest absolute Gasteiger partial charge is 0.272 e. The molecule has 9 nitrogen and oxygen atoms in total. The zero-order valence-corrected chi connectivity index (χ0v) is 26.7. The molecule has 5 rings (SSSR count). The van der Waals surface area contributed by atoms with Crippen LogP contribution in [0.15, 0.2) is 102 Å². The first-order chi connectivity index (χ1) is 22.4. The van der Waals surface area contributed by atoms with Gasteiger partial charge in [0.25, 0.3) is 11.8 Å². The minimum absolute atomic E-state index is 0.00904. The number of para-hydroxylation sites is 1. The number of fused-ring (bicyclic) bond motifs is 1. The molecule has 4 aromatic rings. The largest absolute Gasteiger partial charge is 0.496 e. The molecule has 0 unspecified atom stereocenters. The van der Waals surface area contributed by atoms with Crippen LogP contribution in [0.3, 0.4) is 0 Å². The van der Waals surface area contributed by atoms with Gasteiger partial charge in [0.15, 0.2) is 11.5 Å². The number of thioether (sulfide) groups is 1. The molecule has 0 saturated carbocycles. The number of nitrogens with one attached hydrogen (secondary N) is 2. The summed E-state index contributed by atoms with van der Waals surface area (Å²) >= 11 is 1.44. The molecule has 46 heavy (non-hydrogen) atoms. The molecule has 2 N–H and O–H groups in total. The highest BCUT2D eigenvalue weighted by Crippen LogP contribution is 2.36. The van der Waals surface area contributed by atoms with Crippen LogP contribution in [0.25, 0.3) is 6.08 Å². The highest BCUT2D eigenvalue weighted by Gasteiger charge is 2.22. The van der Waals surface area contributed by atoms with Crippen molar-refractivity contribution < 1.29 is 28.6 Å². The van der Waals surface area contributed by atoms with E-state index >= 15 is 0 Å². The molecular weight excluding hydrogens is 602 g/mol. The Balaban J connectivity index is 1.31. The minimum atomic E-state index is -0.541. The molecule has 1 aliphatic rings. The lowest BCUT2D eigenvalue weighted by Gasteiger charge is -2.29. The van der Waals surface area contributed by atoms with E-state index in [2.05, 4.69) is 16.7 Å². The highest BCUT2D eigenvalue weighted by molar-refractivity contribution is 8.00. The Morgan fingerprint density at radius 2 is 1.50 bits per heavy atom. The fraction of sp³-hybridized carbons (Fsp3) is 0.194. The molecule has 0 spiro atoms. The van der Waals surface area contributed by atoms with Crippen molar-refractivity contribution in [3.8, 4) is 17.2 Å². The number of hydrogen-bond donors (Lipinski definition) is 2. The summed E-state index contributed by atoms with van der Waals surface area (Å²) in [5.74, 6) is 0.668. The van der Waals surface area contributed by atoms with E-state index in [4.69, 9.17) is 14.2 Å². The molecule has 236 valence electrons. The number of hydrogen-bond acceptors (Lipinski definition) is 7. The van der Waals surface area contributed by atoms with Gasteiger partial charge in [-0.2, -0.15) is 0 Å². The molecular formula is C36H35N3O6S. The van der Waals surface area contributed by atoms with Crippen molar-refractivity contribution in [1.82, 2.24) is 5.32 Å². The third-order valence-corrected chi connectivity index (χ3v) is 8.45. The van der Waals surface area contributed by atoms with Gasteiger partial charge in [-0.15, -0.1) is 11.8 Å². The van der Waals surface area contributed by atoms with E-state index < -0.39 is 11.8 Å². The molecule has 10 heteroatoms. The van der Waals surface area contributed by atoms with Crippen LogP contribution in [0.2, 0.25) is 0 Å². The van der Waals surface area contributed by atoms with Crippen LogP contribution in [0, 0.1) is 0 Å². The van der Waals surface area contributed by atoms with Crippen LogP contribution in [0.1, 0.15) is 27.9 Å². The number of methoxy groups -OCH3 is 3. The van der Waals surface area contributed by atoms with Gasteiger partial charge < -0.3 is 29.7 Å². The maximum absolute atomic E-state index is 13.6. The van der Waals surface area contributed by atoms with E-state index in [1.807, 2.05) is 35.2 Å². The monoisotopic (exact) mass is 637 g/mol. The summed E-state index contributed by atoms with van der Waals surface area (Å²) in [6.07, 6.45) is 3.45. The number of nitrogens with zero attached hydrogens (tertiary/aromatic N) is 1. The zero-order valence-electron chi connectivity index (χ0n) is 25.9. The quantitative estimate of drug-likeness (QED) is 0.149. The Hall–Kier alpha value is -5.22. The molecule has 3 amide bonds. The predicted octanol–water partition coefficient (Wildman–Crippen LogP) is 6.19. The molecule has 0 atom stereocenters. The molecule has 4 aromatic carbocycles.